The summed E-state index contributed by atoms with van der Waals surface area (Å²) in [6.07, 6.45) is 0. The van der Waals surface area contributed by atoms with Gasteiger partial charge in [-0.15, -0.1) is 0 Å². The fourth-order valence-electron chi connectivity index (χ4n) is 2.35. The molecule has 2 aromatic carbocycles. The highest BCUT2D eigenvalue weighted by Crippen LogP contribution is 2.31. The SMILES string of the molecule is COc1ccc(-c2cc(=O)cc(-c3ccccc3[N+](=O)[O-])o2)cc1. The molecule has 0 N–H and O–H groups in total. The van der Waals surface area contributed by atoms with Crippen molar-refractivity contribution in [3.8, 4) is 28.4 Å². The van der Waals surface area contributed by atoms with Gasteiger partial charge in [0.15, 0.2) is 5.43 Å². The van der Waals surface area contributed by atoms with Gasteiger partial charge < -0.3 is 9.15 Å². The minimum absolute atomic E-state index is 0.118. The maximum absolute atomic E-state index is 12.0. The van der Waals surface area contributed by atoms with Crippen molar-refractivity contribution in [2.24, 2.45) is 0 Å². The zero-order valence-corrected chi connectivity index (χ0v) is 12.8. The van der Waals surface area contributed by atoms with Crippen molar-refractivity contribution in [1.29, 1.82) is 0 Å². The molecule has 1 heterocycles. The highest BCUT2D eigenvalue weighted by atomic mass is 16.6. The van der Waals surface area contributed by atoms with E-state index >= 15 is 0 Å². The van der Waals surface area contributed by atoms with Gasteiger partial charge >= 0.3 is 0 Å². The minimum atomic E-state index is -0.505. The summed E-state index contributed by atoms with van der Waals surface area (Å²) in [5.74, 6) is 1.16. The van der Waals surface area contributed by atoms with Gasteiger partial charge in [-0.25, -0.2) is 0 Å². The Balaban J connectivity index is 2.13. The summed E-state index contributed by atoms with van der Waals surface area (Å²) in [6.45, 7) is 0. The second-order valence-corrected chi connectivity index (χ2v) is 5.02. The van der Waals surface area contributed by atoms with Gasteiger partial charge in [0, 0.05) is 23.8 Å². The van der Waals surface area contributed by atoms with E-state index in [-0.39, 0.29) is 22.4 Å². The molecule has 120 valence electrons. The summed E-state index contributed by atoms with van der Waals surface area (Å²) < 4.78 is 10.8. The quantitative estimate of drug-likeness (QED) is 0.537. The number of nitro benzene ring substituents is 1. The van der Waals surface area contributed by atoms with E-state index in [1.165, 1.54) is 18.2 Å². The first-order chi connectivity index (χ1) is 11.6. The summed E-state index contributed by atoms with van der Waals surface area (Å²) in [5.41, 5.74) is 0.524. The van der Waals surface area contributed by atoms with Crippen LogP contribution in [0.1, 0.15) is 0 Å². The Kier molecular flexibility index (Phi) is 4.11. The molecular formula is C18H13NO5. The van der Waals surface area contributed by atoms with E-state index in [2.05, 4.69) is 0 Å². The monoisotopic (exact) mass is 323 g/mol. The zero-order valence-electron chi connectivity index (χ0n) is 12.8. The largest absolute Gasteiger partial charge is 0.497 e. The normalized spacial score (nSPS) is 10.4. The van der Waals surface area contributed by atoms with Crippen molar-refractivity contribution in [2.75, 3.05) is 7.11 Å². The van der Waals surface area contributed by atoms with Crippen LogP contribution in [0.3, 0.4) is 0 Å². The molecule has 0 saturated heterocycles. The number of para-hydroxylation sites is 1. The Morgan fingerprint density at radius 3 is 2.33 bits per heavy atom. The van der Waals surface area contributed by atoms with Gasteiger partial charge in [-0.05, 0) is 30.3 Å². The molecule has 1 aromatic heterocycles. The van der Waals surface area contributed by atoms with E-state index in [9.17, 15) is 14.9 Å². The number of rotatable bonds is 4. The first-order valence-corrected chi connectivity index (χ1v) is 7.12. The molecule has 0 radical (unpaired) electrons. The summed E-state index contributed by atoms with van der Waals surface area (Å²) >= 11 is 0. The van der Waals surface area contributed by atoms with Crippen LogP contribution in [0, 0.1) is 10.1 Å². The van der Waals surface area contributed by atoms with E-state index in [4.69, 9.17) is 9.15 Å². The molecule has 0 saturated carbocycles. The number of nitro groups is 1. The van der Waals surface area contributed by atoms with Gasteiger partial charge in [0.25, 0.3) is 5.69 Å². The Labute approximate surface area is 137 Å². The number of hydrogen-bond acceptors (Lipinski definition) is 5. The Morgan fingerprint density at radius 1 is 1.00 bits per heavy atom. The Bertz CT molecular complexity index is 944. The predicted octanol–water partition coefficient (Wildman–Crippen LogP) is 3.89. The Morgan fingerprint density at radius 2 is 1.67 bits per heavy atom. The molecule has 0 amide bonds. The van der Waals surface area contributed by atoms with Crippen LogP contribution in [-0.4, -0.2) is 12.0 Å². The topological polar surface area (TPSA) is 82.6 Å². The van der Waals surface area contributed by atoms with Crippen molar-refractivity contribution < 1.29 is 14.1 Å². The van der Waals surface area contributed by atoms with Crippen molar-refractivity contribution in [3.05, 3.63) is 81.0 Å². The summed E-state index contributed by atoms with van der Waals surface area (Å²) in [4.78, 5) is 22.7. The molecule has 0 fully saturated rings. The summed E-state index contributed by atoms with van der Waals surface area (Å²) in [5, 5.41) is 11.2. The van der Waals surface area contributed by atoms with Crippen LogP contribution in [0.15, 0.2) is 69.9 Å². The zero-order chi connectivity index (χ0) is 17.1. The second kappa shape index (κ2) is 6.37. The van der Waals surface area contributed by atoms with Gasteiger partial charge in [0.1, 0.15) is 17.3 Å². The van der Waals surface area contributed by atoms with Gasteiger partial charge in [-0.3, -0.25) is 14.9 Å². The van der Waals surface area contributed by atoms with Crippen LogP contribution < -0.4 is 10.2 Å². The van der Waals surface area contributed by atoms with Crippen LogP contribution in [0.4, 0.5) is 5.69 Å². The van der Waals surface area contributed by atoms with Gasteiger partial charge in [-0.2, -0.15) is 0 Å². The fraction of sp³-hybridized carbons (Fsp3) is 0.0556. The molecule has 0 aliphatic heterocycles. The predicted molar refractivity (Wildman–Crippen MR) is 89.1 cm³/mol. The number of methoxy groups -OCH3 is 1. The Hall–Kier alpha value is -3.41. The highest BCUT2D eigenvalue weighted by molar-refractivity contribution is 5.70. The lowest BCUT2D eigenvalue weighted by Crippen LogP contribution is -2.00. The molecule has 0 aliphatic rings. The van der Waals surface area contributed by atoms with Gasteiger partial charge in [-0.1, -0.05) is 12.1 Å². The van der Waals surface area contributed by atoms with Gasteiger partial charge in [0.2, 0.25) is 0 Å². The van der Waals surface area contributed by atoms with Crippen LogP contribution in [0.5, 0.6) is 5.75 Å². The van der Waals surface area contributed by atoms with Crippen molar-refractivity contribution in [1.82, 2.24) is 0 Å². The molecule has 0 bridgehead atoms. The summed E-state index contributed by atoms with van der Waals surface area (Å²) in [7, 11) is 1.56. The highest BCUT2D eigenvalue weighted by Gasteiger charge is 2.17. The number of benzene rings is 2. The third-order valence-electron chi connectivity index (χ3n) is 3.51. The first kappa shape index (κ1) is 15.5. The third kappa shape index (κ3) is 3.03. The van der Waals surface area contributed by atoms with E-state index in [1.54, 1.807) is 49.6 Å². The van der Waals surface area contributed by atoms with E-state index < -0.39 is 4.92 Å². The number of nitrogens with zero attached hydrogens (tertiary/aromatic N) is 1. The lowest BCUT2D eigenvalue weighted by Gasteiger charge is -2.06. The standard InChI is InChI=1S/C18H13NO5/c1-23-14-8-6-12(7-9-14)17-10-13(20)11-18(24-17)15-4-2-3-5-16(15)19(21)22/h2-11H,1H3. The van der Waals surface area contributed by atoms with Crippen LogP contribution in [0.25, 0.3) is 22.6 Å². The first-order valence-electron chi connectivity index (χ1n) is 7.12. The lowest BCUT2D eigenvalue weighted by molar-refractivity contribution is -0.384. The molecule has 0 atom stereocenters. The maximum Gasteiger partial charge on any atom is 0.280 e. The molecule has 6 heteroatoms. The average molecular weight is 323 g/mol. The molecular weight excluding hydrogens is 310 g/mol. The van der Waals surface area contributed by atoms with E-state index in [0.29, 0.717) is 17.1 Å². The van der Waals surface area contributed by atoms with Crippen LogP contribution >= 0.6 is 0 Å². The molecule has 0 aliphatic carbocycles. The molecule has 24 heavy (non-hydrogen) atoms. The van der Waals surface area contributed by atoms with E-state index in [1.807, 2.05) is 0 Å². The van der Waals surface area contributed by atoms with Crippen molar-refractivity contribution in [3.63, 3.8) is 0 Å². The van der Waals surface area contributed by atoms with Crippen LogP contribution in [0.2, 0.25) is 0 Å². The molecule has 6 nitrogen and oxygen atoms in total. The average Bonchev–Trinajstić information content (AvgIpc) is 2.61. The fourth-order valence-corrected chi connectivity index (χ4v) is 2.35. The summed E-state index contributed by atoms with van der Waals surface area (Å²) in [6, 6.07) is 15.7. The molecule has 0 spiro atoms. The van der Waals surface area contributed by atoms with Crippen molar-refractivity contribution in [2.45, 2.75) is 0 Å². The van der Waals surface area contributed by atoms with Crippen LogP contribution in [-0.2, 0) is 0 Å². The smallest absolute Gasteiger partial charge is 0.280 e. The minimum Gasteiger partial charge on any atom is -0.497 e. The lowest BCUT2D eigenvalue weighted by atomic mass is 10.1. The molecule has 3 rings (SSSR count). The number of hydrogen-bond donors (Lipinski definition) is 0. The van der Waals surface area contributed by atoms with Crippen molar-refractivity contribution >= 4 is 5.69 Å². The number of ether oxygens (including phenoxy) is 1. The van der Waals surface area contributed by atoms with E-state index in [0.717, 1.165) is 0 Å². The second-order valence-electron chi connectivity index (χ2n) is 5.02. The third-order valence-corrected chi connectivity index (χ3v) is 3.51. The molecule has 3 aromatic rings. The maximum atomic E-state index is 12.0. The van der Waals surface area contributed by atoms with Gasteiger partial charge in [0.05, 0.1) is 17.6 Å². The molecule has 0 unspecified atom stereocenters.